The van der Waals surface area contributed by atoms with E-state index in [-0.39, 0.29) is 17.3 Å². The molecule has 0 radical (unpaired) electrons. The van der Waals surface area contributed by atoms with Gasteiger partial charge in [0.05, 0.1) is 11.3 Å². The second-order valence-electron chi connectivity index (χ2n) is 5.78. The van der Waals surface area contributed by atoms with E-state index < -0.39 is 5.82 Å². The molecule has 0 aliphatic carbocycles. The number of phenols is 1. The fourth-order valence-electron chi connectivity index (χ4n) is 2.95. The number of oxime groups is 1. The largest absolute Gasteiger partial charge is 0.508 e. The monoisotopic (exact) mass is 343 g/mol. The molecule has 0 amide bonds. The van der Waals surface area contributed by atoms with Crippen LogP contribution in [0.4, 0.5) is 4.39 Å². The molecular formula is C17H18FN5O2. The van der Waals surface area contributed by atoms with Crippen LogP contribution in [0.2, 0.25) is 0 Å². The van der Waals surface area contributed by atoms with E-state index in [1.807, 2.05) is 13.8 Å². The summed E-state index contributed by atoms with van der Waals surface area (Å²) in [4.78, 5) is 4.27. The Labute approximate surface area is 143 Å². The van der Waals surface area contributed by atoms with Crippen molar-refractivity contribution in [2.45, 2.75) is 20.8 Å². The third-order valence-electron chi connectivity index (χ3n) is 4.05. The highest BCUT2D eigenvalue weighted by molar-refractivity contribution is 6.01. The molecule has 0 unspecified atom stereocenters. The lowest BCUT2D eigenvalue weighted by atomic mass is 10.2. The van der Waals surface area contributed by atoms with Gasteiger partial charge in [0.1, 0.15) is 17.4 Å². The van der Waals surface area contributed by atoms with Gasteiger partial charge in [0.25, 0.3) is 0 Å². The lowest BCUT2D eigenvalue weighted by Gasteiger charge is -2.16. The van der Waals surface area contributed by atoms with E-state index in [4.69, 9.17) is 10.9 Å². The van der Waals surface area contributed by atoms with Crippen molar-refractivity contribution in [1.29, 1.82) is 0 Å². The highest BCUT2D eigenvalue weighted by Gasteiger charge is 2.23. The standard InChI is InChI=1S/C17H18FN5O2/c1-9-8-22(14-5-4-12(24)6-13(14)18)17(15(9)16(19)21-25)23-10(2)7-20-11(23)3/h4-8,24-25H,1-3H3,(H2,19,21). The van der Waals surface area contributed by atoms with Gasteiger partial charge in [-0.25, -0.2) is 9.37 Å². The molecule has 0 saturated heterocycles. The predicted octanol–water partition coefficient (Wildman–Crippen LogP) is 2.53. The number of phenolic OH excluding ortho intramolecular Hbond substituents is 1. The van der Waals surface area contributed by atoms with Crippen LogP contribution in [0.25, 0.3) is 11.5 Å². The minimum Gasteiger partial charge on any atom is -0.508 e. The van der Waals surface area contributed by atoms with Gasteiger partial charge >= 0.3 is 0 Å². The van der Waals surface area contributed by atoms with Gasteiger partial charge in [0.15, 0.2) is 11.7 Å². The first-order chi connectivity index (χ1) is 11.8. The summed E-state index contributed by atoms with van der Waals surface area (Å²) in [7, 11) is 0. The molecule has 0 atom stereocenters. The van der Waals surface area contributed by atoms with Gasteiger partial charge in [-0.05, 0) is 38.5 Å². The fourth-order valence-corrected chi connectivity index (χ4v) is 2.95. The van der Waals surface area contributed by atoms with Crippen LogP contribution in [-0.4, -0.2) is 30.3 Å². The number of imidazole rings is 1. The average molecular weight is 343 g/mol. The van der Waals surface area contributed by atoms with Crippen molar-refractivity contribution in [3.8, 4) is 17.3 Å². The minimum absolute atomic E-state index is 0.0852. The number of nitrogens with two attached hydrogens (primary N) is 1. The summed E-state index contributed by atoms with van der Waals surface area (Å²) in [6.07, 6.45) is 3.38. The summed E-state index contributed by atoms with van der Waals surface area (Å²) < 4.78 is 17.9. The van der Waals surface area contributed by atoms with Crippen LogP contribution in [0.1, 0.15) is 22.6 Å². The topological polar surface area (TPSA) is 102 Å². The van der Waals surface area contributed by atoms with Crippen LogP contribution >= 0.6 is 0 Å². The minimum atomic E-state index is -0.599. The quantitative estimate of drug-likeness (QED) is 0.294. The molecule has 3 aromatic rings. The molecule has 2 heterocycles. The molecule has 8 heteroatoms. The Morgan fingerprint density at radius 1 is 1.28 bits per heavy atom. The van der Waals surface area contributed by atoms with Crippen LogP contribution < -0.4 is 5.73 Å². The number of nitrogens with zero attached hydrogens (tertiary/aromatic N) is 4. The normalized spacial score (nSPS) is 11.9. The van der Waals surface area contributed by atoms with Crippen LogP contribution in [0.5, 0.6) is 5.75 Å². The van der Waals surface area contributed by atoms with Gasteiger partial charge in [0, 0.05) is 24.2 Å². The molecule has 0 aliphatic heterocycles. The van der Waals surface area contributed by atoms with E-state index in [1.54, 1.807) is 28.5 Å². The van der Waals surface area contributed by atoms with E-state index in [0.717, 1.165) is 11.8 Å². The zero-order valence-electron chi connectivity index (χ0n) is 14.0. The van der Waals surface area contributed by atoms with Crippen molar-refractivity contribution in [2.24, 2.45) is 10.9 Å². The fraction of sp³-hybridized carbons (Fsp3) is 0.176. The molecule has 0 fully saturated rings. The summed E-state index contributed by atoms with van der Waals surface area (Å²) in [5.74, 6) is 0.321. The molecule has 3 rings (SSSR count). The number of rotatable bonds is 3. The molecule has 4 N–H and O–H groups in total. The van der Waals surface area contributed by atoms with Crippen molar-refractivity contribution in [3.63, 3.8) is 0 Å². The molecule has 0 aliphatic rings. The Bertz CT molecular complexity index is 968. The average Bonchev–Trinajstić information content (AvgIpc) is 3.06. The third kappa shape index (κ3) is 2.61. The number of aromatic hydroxyl groups is 1. The van der Waals surface area contributed by atoms with Crippen molar-refractivity contribution in [2.75, 3.05) is 0 Å². The maximum absolute atomic E-state index is 14.5. The van der Waals surface area contributed by atoms with Crippen LogP contribution in [0, 0.1) is 26.6 Å². The molecular weight excluding hydrogens is 325 g/mol. The Balaban J connectivity index is 2.41. The first kappa shape index (κ1) is 16.6. The molecule has 130 valence electrons. The van der Waals surface area contributed by atoms with Gasteiger partial charge in [0.2, 0.25) is 0 Å². The highest BCUT2D eigenvalue weighted by Crippen LogP contribution is 2.29. The second kappa shape index (κ2) is 5.97. The van der Waals surface area contributed by atoms with Gasteiger partial charge < -0.3 is 16.0 Å². The lowest BCUT2D eigenvalue weighted by molar-refractivity contribution is 0.318. The number of benzene rings is 1. The molecule has 7 nitrogen and oxygen atoms in total. The number of aromatic nitrogens is 3. The van der Waals surface area contributed by atoms with Gasteiger partial charge in [-0.3, -0.25) is 9.13 Å². The first-order valence-electron chi connectivity index (χ1n) is 7.55. The Morgan fingerprint density at radius 3 is 2.56 bits per heavy atom. The zero-order chi connectivity index (χ0) is 18.3. The molecule has 2 aromatic heterocycles. The predicted molar refractivity (Wildman–Crippen MR) is 91.2 cm³/mol. The van der Waals surface area contributed by atoms with Crippen LogP contribution in [-0.2, 0) is 0 Å². The zero-order valence-corrected chi connectivity index (χ0v) is 14.0. The number of aryl methyl sites for hydroxylation is 3. The van der Waals surface area contributed by atoms with Gasteiger partial charge in [-0.15, -0.1) is 0 Å². The molecule has 25 heavy (non-hydrogen) atoms. The summed E-state index contributed by atoms with van der Waals surface area (Å²) in [5.41, 5.74) is 8.08. The number of amidine groups is 1. The SMILES string of the molecule is Cc1cn(-c2ccc(O)cc2F)c(-n2c(C)cnc2C)c1/C(N)=N/O. The van der Waals surface area contributed by atoms with Gasteiger partial charge in [-0.2, -0.15) is 0 Å². The van der Waals surface area contributed by atoms with E-state index >= 15 is 0 Å². The number of halogens is 1. The van der Waals surface area contributed by atoms with E-state index in [0.29, 0.717) is 22.8 Å². The summed E-state index contributed by atoms with van der Waals surface area (Å²) in [6.45, 7) is 5.45. The molecule has 0 bridgehead atoms. The number of hydrogen-bond donors (Lipinski definition) is 3. The van der Waals surface area contributed by atoms with Crippen molar-refractivity contribution in [1.82, 2.24) is 14.1 Å². The lowest BCUT2D eigenvalue weighted by Crippen LogP contribution is -2.19. The van der Waals surface area contributed by atoms with E-state index in [2.05, 4.69) is 10.1 Å². The molecule has 0 saturated carbocycles. The first-order valence-corrected chi connectivity index (χ1v) is 7.55. The summed E-state index contributed by atoms with van der Waals surface area (Å²) in [5, 5.41) is 21.7. The Hall–Kier alpha value is -3.29. The summed E-state index contributed by atoms with van der Waals surface area (Å²) >= 11 is 0. The maximum Gasteiger partial charge on any atom is 0.174 e. The molecule has 1 aromatic carbocycles. The van der Waals surface area contributed by atoms with Crippen LogP contribution in [0.3, 0.4) is 0 Å². The third-order valence-corrected chi connectivity index (χ3v) is 4.05. The smallest absolute Gasteiger partial charge is 0.174 e. The van der Waals surface area contributed by atoms with Crippen molar-refractivity contribution >= 4 is 5.84 Å². The van der Waals surface area contributed by atoms with Gasteiger partial charge in [-0.1, -0.05) is 5.16 Å². The van der Waals surface area contributed by atoms with Crippen LogP contribution in [0.15, 0.2) is 35.7 Å². The van der Waals surface area contributed by atoms with Crippen molar-refractivity contribution in [3.05, 3.63) is 59.1 Å². The van der Waals surface area contributed by atoms with E-state index in [1.165, 1.54) is 12.1 Å². The Morgan fingerprint density at radius 2 is 2.00 bits per heavy atom. The van der Waals surface area contributed by atoms with E-state index in [9.17, 15) is 9.50 Å². The highest BCUT2D eigenvalue weighted by atomic mass is 19.1. The molecule has 0 spiro atoms. The maximum atomic E-state index is 14.5. The summed E-state index contributed by atoms with van der Waals surface area (Å²) in [6, 6.07) is 3.89. The Kier molecular flexibility index (Phi) is 3.96. The second-order valence-corrected chi connectivity index (χ2v) is 5.78. The van der Waals surface area contributed by atoms with Crippen molar-refractivity contribution < 1.29 is 14.7 Å². The number of hydrogen-bond acceptors (Lipinski definition) is 4.